The lowest BCUT2D eigenvalue weighted by atomic mass is 10.2. The molecule has 19 heavy (non-hydrogen) atoms. The van der Waals surface area contributed by atoms with Gasteiger partial charge in [0, 0.05) is 5.69 Å². The maximum Gasteiger partial charge on any atom is 0.262 e. The molecule has 0 saturated carbocycles. The van der Waals surface area contributed by atoms with Crippen molar-refractivity contribution in [3.05, 3.63) is 66.2 Å². The first-order chi connectivity index (χ1) is 9.03. The summed E-state index contributed by atoms with van der Waals surface area (Å²) in [6.45, 7) is 5.43. The van der Waals surface area contributed by atoms with E-state index in [2.05, 4.69) is 11.3 Å². The van der Waals surface area contributed by atoms with Crippen molar-refractivity contribution in [2.24, 2.45) is 0 Å². The van der Waals surface area contributed by atoms with Crippen LogP contribution >= 0.6 is 0 Å². The second-order valence-electron chi connectivity index (χ2n) is 4.20. The van der Waals surface area contributed by atoms with Gasteiger partial charge in [-0.3, -0.25) is 4.72 Å². The van der Waals surface area contributed by atoms with Gasteiger partial charge in [-0.1, -0.05) is 43.0 Å². The van der Waals surface area contributed by atoms with Gasteiger partial charge in [-0.2, -0.15) is 0 Å². The van der Waals surface area contributed by atoms with Crippen LogP contribution in [0.2, 0.25) is 0 Å². The SMILES string of the molecule is C=Cc1ccc(NS(=O)(=O)c2ccccc2C)cc1. The summed E-state index contributed by atoms with van der Waals surface area (Å²) in [6.07, 6.45) is 1.71. The molecular weight excluding hydrogens is 258 g/mol. The molecule has 0 radical (unpaired) electrons. The molecule has 0 aromatic heterocycles. The third-order valence-corrected chi connectivity index (χ3v) is 4.32. The third kappa shape index (κ3) is 3.03. The maximum absolute atomic E-state index is 12.2. The Morgan fingerprint density at radius 3 is 2.26 bits per heavy atom. The van der Waals surface area contributed by atoms with Gasteiger partial charge < -0.3 is 0 Å². The fourth-order valence-electron chi connectivity index (χ4n) is 1.76. The summed E-state index contributed by atoms with van der Waals surface area (Å²) >= 11 is 0. The van der Waals surface area contributed by atoms with E-state index in [4.69, 9.17) is 0 Å². The van der Waals surface area contributed by atoms with Gasteiger partial charge >= 0.3 is 0 Å². The number of hydrogen-bond donors (Lipinski definition) is 1. The van der Waals surface area contributed by atoms with Gasteiger partial charge in [0.2, 0.25) is 0 Å². The highest BCUT2D eigenvalue weighted by atomic mass is 32.2. The highest BCUT2D eigenvalue weighted by molar-refractivity contribution is 7.92. The number of aryl methyl sites for hydroxylation is 1. The number of rotatable bonds is 4. The van der Waals surface area contributed by atoms with Gasteiger partial charge in [0.15, 0.2) is 0 Å². The molecule has 0 fully saturated rings. The molecule has 0 spiro atoms. The van der Waals surface area contributed by atoms with E-state index in [-0.39, 0.29) is 0 Å². The fraction of sp³-hybridized carbons (Fsp3) is 0.0667. The Labute approximate surface area is 113 Å². The summed E-state index contributed by atoms with van der Waals surface area (Å²) in [5.74, 6) is 0. The zero-order valence-corrected chi connectivity index (χ0v) is 11.4. The first kappa shape index (κ1) is 13.4. The maximum atomic E-state index is 12.2. The lowest BCUT2D eigenvalue weighted by molar-refractivity contribution is 0.600. The molecule has 0 aliphatic rings. The minimum Gasteiger partial charge on any atom is -0.280 e. The van der Waals surface area contributed by atoms with Crippen LogP contribution in [0.1, 0.15) is 11.1 Å². The Hall–Kier alpha value is -2.07. The molecule has 1 N–H and O–H groups in total. The molecule has 2 aromatic rings. The summed E-state index contributed by atoms with van der Waals surface area (Å²) < 4.78 is 27.1. The van der Waals surface area contributed by atoms with E-state index in [9.17, 15) is 8.42 Å². The van der Waals surface area contributed by atoms with Crippen molar-refractivity contribution < 1.29 is 8.42 Å². The minimum absolute atomic E-state index is 0.294. The van der Waals surface area contributed by atoms with Crippen molar-refractivity contribution in [3.8, 4) is 0 Å². The molecule has 3 nitrogen and oxygen atoms in total. The van der Waals surface area contributed by atoms with Crippen LogP contribution < -0.4 is 4.72 Å². The standard InChI is InChI=1S/C15H15NO2S/c1-3-13-8-10-14(11-9-13)16-19(17,18)15-7-5-4-6-12(15)2/h3-11,16H,1H2,2H3. The van der Waals surface area contributed by atoms with Crippen molar-refractivity contribution in [1.29, 1.82) is 0 Å². The van der Waals surface area contributed by atoms with Crippen LogP contribution in [-0.4, -0.2) is 8.42 Å². The van der Waals surface area contributed by atoms with Gasteiger partial charge in [-0.15, -0.1) is 0 Å². The number of nitrogens with one attached hydrogen (secondary N) is 1. The molecule has 98 valence electrons. The van der Waals surface area contributed by atoms with E-state index >= 15 is 0 Å². The second kappa shape index (κ2) is 5.28. The molecule has 0 unspecified atom stereocenters. The zero-order valence-electron chi connectivity index (χ0n) is 10.6. The monoisotopic (exact) mass is 273 g/mol. The number of anilines is 1. The fourth-order valence-corrected chi connectivity index (χ4v) is 3.06. The van der Waals surface area contributed by atoms with Crippen molar-refractivity contribution >= 4 is 21.8 Å². The van der Waals surface area contributed by atoms with Crippen molar-refractivity contribution in [3.63, 3.8) is 0 Å². The smallest absolute Gasteiger partial charge is 0.262 e. The van der Waals surface area contributed by atoms with Crippen molar-refractivity contribution in [2.75, 3.05) is 4.72 Å². The molecule has 0 aliphatic heterocycles. The summed E-state index contributed by atoms with van der Waals surface area (Å²) in [5, 5.41) is 0. The van der Waals surface area contributed by atoms with E-state index in [1.165, 1.54) is 0 Å². The molecule has 4 heteroatoms. The Morgan fingerprint density at radius 2 is 1.68 bits per heavy atom. The highest BCUT2D eigenvalue weighted by Gasteiger charge is 2.15. The Balaban J connectivity index is 2.31. The normalized spacial score (nSPS) is 11.0. The second-order valence-corrected chi connectivity index (χ2v) is 5.85. The highest BCUT2D eigenvalue weighted by Crippen LogP contribution is 2.19. The van der Waals surface area contributed by atoms with Gasteiger partial charge in [0.25, 0.3) is 10.0 Å². The first-order valence-corrected chi connectivity index (χ1v) is 7.32. The van der Waals surface area contributed by atoms with Crippen LogP contribution in [0.15, 0.2) is 60.0 Å². The first-order valence-electron chi connectivity index (χ1n) is 5.84. The molecule has 0 aliphatic carbocycles. The lowest BCUT2D eigenvalue weighted by Crippen LogP contribution is -2.14. The quantitative estimate of drug-likeness (QED) is 0.927. The molecule has 2 aromatic carbocycles. The predicted octanol–water partition coefficient (Wildman–Crippen LogP) is 3.44. The summed E-state index contributed by atoms with van der Waals surface area (Å²) in [7, 11) is -3.54. The van der Waals surface area contributed by atoms with Gasteiger partial charge in [-0.05, 0) is 36.2 Å². The van der Waals surface area contributed by atoms with E-state index in [1.54, 1.807) is 43.3 Å². The summed E-state index contributed by atoms with van der Waals surface area (Å²) in [4.78, 5) is 0.294. The van der Waals surface area contributed by atoms with E-state index < -0.39 is 10.0 Å². The molecule has 2 rings (SSSR count). The largest absolute Gasteiger partial charge is 0.280 e. The van der Waals surface area contributed by atoms with Crippen LogP contribution in [0.3, 0.4) is 0 Å². The molecule has 0 bridgehead atoms. The van der Waals surface area contributed by atoms with Crippen molar-refractivity contribution in [2.45, 2.75) is 11.8 Å². The number of hydrogen-bond acceptors (Lipinski definition) is 2. The van der Waals surface area contributed by atoms with Crippen LogP contribution in [-0.2, 0) is 10.0 Å². The average Bonchev–Trinajstić information content (AvgIpc) is 2.39. The number of sulfonamides is 1. The summed E-state index contributed by atoms with van der Waals surface area (Å²) in [6, 6.07) is 13.9. The number of benzene rings is 2. The Kier molecular flexibility index (Phi) is 3.71. The predicted molar refractivity (Wildman–Crippen MR) is 78.5 cm³/mol. The molecular formula is C15H15NO2S. The van der Waals surface area contributed by atoms with Crippen molar-refractivity contribution in [1.82, 2.24) is 0 Å². The molecule has 0 heterocycles. The Morgan fingerprint density at radius 1 is 1.05 bits per heavy atom. The van der Waals surface area contributed by atoms with E-state index in [0.29, 0.717) is 10.6 Å². The van der Waals surface area contributed by atoms with Crippen LogP contribution in [0, 0.1) is 6.92 Å². The van der Waals surface area contributed by atoms with Gasteiger partial charge in [0.1, 0.15) is 0 Å². The molecule has 0 saturated heterocycles. The third-order valence-electron chi connectivity index (χ3n) is 2.78. The van der Waals surface area contributed by atoms with Gasteiger partial charge in [0.05, 0.1) is 4.90 Å². The molecule has 0 amide bonds. The Bertz CT molecular complexity index is 688. The van der Waals surface area contributed by atoms with Crippen LogP contribution in [0.4, 0.5) is 5.69 Å². The van der Waals surface area contributed by atoms with E-state index in [1.807, 2.05) is 18.2 Å². The van der Waals surface area contributed by atoms with Gasteiger partial charge in [-0.25, -0.2) is 8.42 Å². The lowest BCUT2D eigenvalue weighted by Gasteiger charge is -2.10. The topological polar surface area (TPSA) is 46.2 Å². The average molecular weight is 273 g/mol. The van der Waals surface area contributed by atoms with Crippen LogP contribution in [0.5, 0.6) is 0 Å². The van der Waals surface area contributed by atoms with Crippen LogP contribution in [0.25, 0.3) is 6.08 Å². The van der Waals surface area contributed by atoms with E-state index in [0.717, 1.165) is 11.1 Å². The summed E-state index contributed by atoms with van der Waals surface area (Å²) in [5.41, 5.74) is 2.20. The molecule has 0 atom stereocenters. The zero-order chi connectivity index (χ0) is 13.9. The minimum atomic E-state index is -3.54.